The Kier molecular flexibility index (Phi) is 6.92. The number of rotatable bonds is 7. The summed E-state index contributed by atoms with van der Waals surface area (Å²) in [6.07, 6.45) is 11.4. The molecule has 0 radical (unpaired) electrons. The van der Waals surface area contributed by atoms with Crippen LogP contribution in [0.2, 0.25) is 18.2 Å². The molecule has 2 unspecified atom stereocenters. The molecule has 2 aliphatic rings. The van der Waals surface area contributed by atoms with Gasteiger partial charge in [0.05, 0.1) is 0 Å². The van der Waals surface area contributed by atoms with Crippen LogP contribution in [0.5, 0.6) is 0 Å². The van der Waals surface area contributed by atoms with Crippen LogP contribution in [0.3, 0.4) is 0 Å². The molecule has 0 bridgehead atoms. The Morgan fingerprint density at radius 1 is 0.532 bits per heavy atom. The summed E-state index contributed by atoms with van der Waals surface area (Å²) in [5.74, 6) is 0. The van der Waals surface area contributed by atoms with Gasteiger partial charge in [0.2, 0.25) is 0 Å². The van der Waals surface area contributed by atoms with Gasteiger partial charge in [-0.2, -0.15) is 0 Å². The first-order valence-electron chi connectivity index (χ1n) is 17.5. The van der Waals surface area contributed by atoms with Crippen LogP contribution in [0, 0.1) is 27.7 Å². The standard InChI is InChI=1S/2C17H15.C8H9.3CH3.Hf.H2Si/c2*1-12-9-10-13(2)17(11-12)16-8-4-6-14-5-3-7-15(14)16;1-2-8-6-4-3-5-7-8;;;;;/h2*3-11H,1-2H3;3-7H,1-2H2;3*1H3;;1H2. The van der Waals surface area contributed by atoms with Gasteiger partial charge in [0.1, 0.15) is 0 Å². The number of hydrogen-bond donors (Lipinski definition) is 0. The molecule has 5 aromatic carbocycles. The minimum atomic E-state index is -5.14. The summed E-state index contributed by atoms with van der Waals surface area (Å²) in [6, 6.07) is 39.3. The second kappa shape index (κ2) is 10.1. The zero-order valence-corrected chi connectivity index (χ0v) is 34.4. The summed E-state index contributed by atoms with van der Waals surface area (Å²) < 4.78 is 10.4. The SMILES string of the molecule is Cc1ccc(C)c(-c2cccc3c2C=C[CH]3[Hf]([CH3])([CH3])([CH3])(=[SiH2])([CH2]Cc2ccccc2)[CH]2C=Cc3c(-c4cc(C)ccc4C)cccc32)c1. The third-order valence-corrected chi connectivity index (χ3v) is 58.5. The van der Waals surface area contributed by atoms with Gasteiger partial charge in [0.25, 0.3) is 0 Å². The van der Waals surface area contributed by atoms with Gasteiger partial charge in [0, 0.05) is 0 Å². The van der Waals surface area contributed by atoms with Crippen molar-refractivity contribution in [2.45, 2.75) is 59.7 Å². The molecule has 0 aromatic heterocycles. The predicted octanol–water partition coefficient (Wildman–Crippen LogP) is 12.2. The van der Waals surface area contributed by atoms with E-state index >= 15 is 0 Å². The van der Waals surface area contributed by atoms with Crippen molar-refractivity contribution in [1.29, 1.82) is 0 Å². The van der Waals surface area contributed by atoms with Crippen LogP contribution in [-0.4, -0.2) is 6.94 Å². The second-order valence-electron chi connectivity index (χ2n) is 18.5. The van der Waals surface area contributed by atoms with Gasteiger partial charge in [-0.3, -0.25) is 0 Å². The summed E-state index contributed by atoms with van der Waals surface area (Å²) in [7, 11) is 0. The first-order valence-corrected chi connectivity index (χ1v) is 43.3. The van der Waals surface area contributed by atoms with Crippen LogP contribution in [-0.2, 0) is 20.6 Å². The van der Waals surface area contributed by atoms with E-state index in [-0.39, 0.29) is 0 Å². The first kappa shape index (κ1) is 32.2. The van der Waals surface area contributed by atoms with E-state index in [1.807, 2.05) is 0 Å². The molecule has 0 saturated carbocycles. The van der Waals surface area contributed by atoms with Crippen molar-refractivity contribution in [3.8, 4) is 22.3 Å². The third-order valence-electron chi connectivity index (χ3n) is 12.8. The zero-order chi connectivity index (χ0) is 33.3. The van der Waals surface area contributed by atoms with Gasteiger partial charge in [-0.25, -0.2) is 0 Å². The van der Waals surface area contributed by atoms with Crippen LogP contribution >= 0.6 is 0 Å². The molecule has 47 heavy (non-hydrogen) atoms. The van der Waals surface area contributed by atoms with Gasteiger partial charge < -0.3 is 0 Å². The molecule has 0 amide bonds. The molecule has 2 heteroatoms. The van der Waals surface area contributed by atoms with E-state index in [4.69, 9.17) is 0 Å². The molecule has 238 valence electrons. The van der Waals surface area contributed by atoms with Crippen LogP contribution < -0.4 is 0 Å². The predicted molar refractivity (Wildman–Crippen MR) is 207 cm³/mol. The number of allylic oxidation sites excluding steroid dienone is 2. The number of fused-ring (bicyclic) bond motifs is 2. The Morgan fingerprint density at radius 2 is 1.00 bits per heavy atom. The number of benzene rings is 5. The normalized spacial score (nSPS) is 19.0. The van der Waals surface area contributed by atoms with Gasteiger partial charge in [-0.05, 0) is 0 Å². The van der Waals surface area contributed by atoms with Crippen molar-refractivity contribution in [2.75, 3.05) is 0 Å². The first-order chi connectivity index (χ1) is 22.1. The van der Waals surface area contributed by atoms with Crippen molar-refractivity contribution < 1.29 is 14.2 Å². The Labute approximate surface area is 278 Å². The van der Waals surface area contributed by atoms with Gasteiger partial charge >= 0.3 is 281 Å². The summed E-state index contributed by atoms with van der Waals surface area (Å²) in [5.41, 5.74) is 18.1. The molecule has 0 saturated heterocycles. The van der Waals surface area contributed by atoms with E-state index in [1.54, 1.807) is 0 Å². The van der Waals surface area contributed by atoms with Crippen molar-refractivity contribution in [2.24, 2.45) is 0 Å². The zero-order valence-electron chi connectivity index (χ0n) is 29.4. The fourth-order valence-electron chi connectivity index (χ4n) is 9.61. The quantitative estimate of drug-likeness (QED) is 0.144. The molecule has 7 rings (SSSR count). The van der Waals surface area contributed by atoms with Crippen LogP contribution in [0.4, 0.5) is 0 Å². The maximum absolute atomic E-state index is 5.14. The van der Waals surface area contributed by atoms with Crippen LogP contribution in [0.1, 0.15) is 57.4 Å². The second-order valence-corrected chi connectivity index (χ2v) is 100. The van der Waals surface area contributed by atoms with Crippen molar-refractivity contribution in [3.63, 3.8) is 0 Å². The molecule has 0 nitrogen and oxygen atoms in total. The third kappa shape index (κ3) is 5.10. The molecule has 0 fully saturated rings. The molecule has 5 aromatic rings. The van der Waals surface area contributed by atoms with Gasteiger partial charge in [0.15, 0.2) is 0 Å². The van der Waals surface area contributed by atoms with Crippen molar-refractivity contribution in [3.05, 3.63) is 165 Å². The molecule has 0 heterocycles. The van der Waals surface area contributed by atoms with Crippen molar-refractivity contribution >= 4 is 19.1 Å². The van der Waals surface area contributed by atoms with E-state index in [2.05, 4.69) is 176 Å². The molecular formula is C45H50HfSi. The molecule has 2 aliphatic carbocycles. The number of hydrogen-bond acceptors (Lipinski definition) is 0. The van der Waals surface area contributed by atoms with E-state index in [9.17, 15) is 0 Å². The van der Waals surface area contributed by atoms with Crippen LogP contribution in [0.25, 0.3) is 34.4 Å². The van der Waals surface area contributed by atoms with E-state index in [0.717, 1.165) is 6.42 Å². The molecule has 0 N–H and O–H groups in total. The molecule has 2 atom stereocenters. The minimum absolute atomic E-state index is 0.367. The Morgan fingerprint density at radius 3 is 1.47 bits per heavy atom. The van der Waals surface area contributed by atoms with Gasteiger partial charge in [-0.1, -0.05) is 0 Å². The topological polar surface area (TPSA) is 0 Å². The van der Waals surface area contributed by atoms with Gasteiger partial charge in [-0.15, -0.1) is 0 Å². The monoisotopic (exact) mass is 798 g/mol. The fraction of sp³-hybridized carbons (Fsp3) is 0.244. The Balaban J connectivity index is 1.46. The summed E-state index contributed by atoms with van der Waals surface area (Å²) in [6.45, 7) is 11.4. The fourth-order valence-corrected chi connectivity index (χ4v) is 46.5. The molecule has 0 aliphatic heterocycles. The average Bonchev–Trinajstić information content (AvgIpc) is 3.70. The molecule has 0 spiro atoms. The maximum atomic E-state index is 2.83. The van der Waals surface area contributed by atoms with E-state index in [0.29, 0.717) is 7.35 Å². The summed E-state index contributed by atoms with van der Waals surface area (Å²) >= 11 is -5.14. The average molecular weight is 797 g/mol. The Bertz CT molecular complexity index is 2150. The Hall–Kier alpha value is -3.33. The summed E-state index contributed by atoms with van der Waals surface area (Å²) in [5, 5.41) is 0. The number of aryl methyl sites for hydroxylation is 5. The van der Waals surface area contributed by atoms with Crippen LogP contribution in [0.15, 0.2) is 115 Å². The van der Waals surface area contributed by atoms with E-state index < -0.39 is 14.2 Å². The van der Waals surface area contributed by atoms with E-state index in [1.165, 1.54) is 76.5 Å². The van der Waals surface area contributed by atoms with Crippen molar-refractivity contribution in [1.82, 2.24) is 0 Å². The molecular weight excluding hydrogens is 747 g/mol. The summed E-state index contributed by atoms with van der Waals surface area (Å²) in [4.78, 5) is 0.